The molecule has 0 saturated carbocycles. The highest BCUT2D eigenvalue weighted by Crippen LogP contribution is 2.25. The summed E-state index contributed by atoms with van der Waals surface area (Å²) in [4.78, 5) is 27.2. The number of aromatic nitrogens is 3. The predicted molar refractivity (Wildman–Crippen MR) is 115 cm³/mol. The molecule has 0 radical (unpaired) electrons. The number of benzene rings is 1. The molecule has 0 saturated heterocycles. The summed E-state index contributed by atoms with van der Waals surface area (Å²) in [5.41, 5.74) is 1.26. The number of hydrogen-bond acceptors (Lipinski definition) is 4. The van der Waals surface area contributed by atoms with Crippen LogP contribution in [0.3, 0.4) is 0 Å². The van der Waals surface area contributed by atoms with Crippen LogP contribution < -0.4 is 14.8 Å². The summed E-state index contributed by atoms with van der Waals surface area (Å²) in [7, 11) is 0. The van der Waals surface area contributed by atoms with E-state index < -0.39 is 5.41 Å². The van der Waals surface area contributed by atoms with Crippen LogP contribution in [0.25, 0.3) is 17.8 Å². The second-order valence-electron chi connectivity index (χ2n) is 7.37. The van der Waals surface area contributed by atoms with E-state index >= 15 is 0 Å². The van der Waals surface area contributed by atoms with Crippen molar-refractivity contribution in [3.63, 3.8) is 0 Å². The molecule has 0 atom stereocenters. The summed E-state index contributed by atoms with van der Waals surface area (Å²) in [5, 5.41) is 5.41. The number of aryl methyl sites for hydroxylation is 1. The van der Waals surface area contributed by atoms with Crippen LogP contribution in [-0.2, 0) is 4.79 Å². The molecule has 2 heterocycles. The summed E-state index contributed by atoms with van der Waals surface area (Å²) in [5.74, 6) is -0.0560. The van der Waals surface area contributed by atoms with E-state index in [-0.39, 0.29) is 11.3 Å². The van der Waals surface area contributed by atoms with Gasteiger partial charge in [0, 0.05) is 22.1 Å². The van der Waals surface area contributed by atoms with E-state index in [9.17, 15) is 9.59 Å². The molecule has 146 valence electrons. The Morgan fingerprint density at radius 3 is 2.64 bits per heavy atom. The Labute approximate surface area is 175 Å². The van der Waals surface area contributed by atoms with Gasteiger partial charge in [0.2, 0.25) is 0 Å². The number of ketones is 1. The van der Waals surface area contributed by atoms with Crippen LogP contribution in [0.15, 0.2) is 29.1 Å². The van der Waals surface area contributed by atoms with Crippen molar-refractivity contribution in [2.75, 3.05) is 0 Å². The Bertz CT molecular complexity index is 1230. The summed E-state index contributed by atoms with van der Waals surface area (Å²) >= 11 is 13.8. The lowest BCUT2D eigenvalue weighted by atomic mass is 9.91. The second-order valence-corrected chi connectivity index (χ2v) is 9.25. The van der Waals surface area contributed by atoms with E-state index in [1.165, 1.54) is 17.4 Å². The molecule has 2 aromatic heterocycles. The Hall–Kier alpha value is -2.15. The first kappa shape index (κ1) is 20.6. The number of Topliss-reactive ketones (excluding diaryl/α,β-unsaturated/α-hetero) is 1. The number of rotatable bonds is 3. The summed E-state index contributed by atoms with van der Waals surface area (Å²) < 4.78 is 2.53. The van der Waals surface area contributed by atoms with Gasteiger partial charge in [-0.2, -0.15) is 5.10 Å². The first-order chi connectivity index (χ1) is 13.1. The van der Waals surface area contributed by atoms with Crippen LogP contribution in [0.1, 0.15) is 32.0 Å². The van der Waals surface area contributed by atoms with Crippen molar-refractivity contribution in [2.24, 2.45) is 5.41 Å². The van der Waals surface area contributed by atoms with Gasteiger partial charge in [-0.25, -0.2) is 4.68 Å². The lowest BCUT2D eigenvalue weighted by Gasteiger charge is -2.12. The van der Waals surface area contributed by atoms with Crippen molar-refractivity contribution in [1.82, 2.24) is 14.8 Å². The molecule has 0 aliphatic heterocycles. The minimum Gasteiger partial charge on any atom is -0.313 e. The molecule has 0 aliphatic rings. The highest BCUT2D eigenvalue weighted by atomic mass is 35.5. The van der Waals surface area contributed by atoms with E-state index in [1.54, 1.807) is 22.9 Å². The molecule has 8 heteroatoms. The third-order valence-electron chi connectivity index (χ3n) is 4.06. The smallest absolute Gasteiger partial charge is 0.266 e. The number of H-pyrrole nitrogens is 1. The highest BCUT2D eigenvalue weighted by Gasteiger charge is 2.19. The van der Waals surface area contributed by atoms with Crippen LogP contribution in [0.5, 0.6) is 0 Å². The van der Waals surface area contributed by atoms with Gasteiger partial charge < -0.3 is 4.98 Å². The summed E-state index contributed by atoms with van der Waals surface area (Å²) in [6.07, 6.45) is 3.15. The number of carbonyl (C=O) groups is 1. The molecule has 3 aromatic rings. The average molecular weight is 436 g/mol. The van der Waals surface area contributed by atoms with E-state index in [1.807, 2.05) is 39.8 Å². The van der Waals surface area contributed by atoms with Gasteiger partial charge in [-0.05, 0) is 31.2 Å². The fourth-order valence-corrected chi connectivity index (χ4v) is 3.82. The molecule has 0 fully saturated rings. The van der Waals surface area contributed by atoms with Crippen molar-refractivity contribution in [3.05, 3.63) is 65.2 Å². The number of halogens is 2. The van der Waals surface area contributed by atoms with Crippen LogP contribution in [0.2, 0.25) is 10.2 Å². The summed E-state index contributed by atoms with van der Waals surface area (Å²) in [6, 6.07) is 7.18. The molecule has 28 heavy (non-hydrogen) atoms. The van der Waals surface area contributed by atoms with Crippen LogP contribution in [0.4, 0.5) is 0 Å². The maximum absolute atomic E-state index is 12.3. The van der Waals surface area contributed by atoms with E-state index in [0.29, 0.717) is 30.6 Å². The average Bonchev–Trinajstić information content (AvgIpc) is 3.08. The molecule has 1 aromatic carbocycles. The molecule has 1 N–H and O–H groups in total. The second kappa shape index (κ2) is 7.70. The SMILES string of the molecule is Cc1nn(-c2cccc(Cl)c2)c(Cl)c1/C=c1\s/c(=C/C(=O)C(C)(C)C)[nH]c1=O. The zero-order valence-corrected chi connectivity index (χ0v) is 18.2. The van der Waals surface area contributed by atoms with E-state index in [4.69, 9.17) is 23.2 Å². The van der Waals surface area contributed by atoms with Gasteiger partial charge in [0.1, 0.15) is 5.15 Å². The first-order valence-corrected chi connectivity index (χ1v) is 10.1. The molecule has 5 nitrogen and oxygen atoms in total. The van der Waals surface area contributed by atoms with Crippen molar-refractivity contribution in [2.45, 2.75) is 27.7 Å². The standard InChI is InChI=1S/C20H19Cl2N3O2S/c1-11-14(18(22)25(24-11)13-7-5-6-12(21)8-13)9-15-19(27)23-17(28-15)10-16(26)20(2,3)4/h5-10H,1-4H3,(H,23,27)/b15-9-,17-10+. The number of nitrogens with zero attached hydrogens (tertiary/aromatic N) is 2. The van der Waals surface area contributed by atoms with Crippen molar-refractivity contribution in [1.29, 1.82) is 0 Å². The molecule has 0 aliphatic carbocycles. The van der Waals surface area contributed by atoms with Crippen LogP contribution >= 0.6 is 34.5 Å². The van der Waals surface area contributed by atoms with Gasteiger partial charge in [0.05, 0.1) is 20.6 Å². The monoisotopic (exact) mass is 435 g/mol. The fraction of sp³-hybridized carbons (Fsp3) is 0.250. The largest absolute Gasteiger partial charge is 0.313 e. The number of thiazole rings is 1. The van der Waals surface area contributed by atoms with Gasteiger partial charge in [0.25, 0.3) is 5.56 Å². The minimum atomic E-state index is -0.511. The quantitative estimate of drug-likeness (QED) is 0.684. The number of aromatic amines is 1. The maximum Gasteiger partial charge on any atom is 0.266 e. The predicted octanol–water partition coefficient (Wildman–Crippen LogP) is 3.46. The van der Waals surface area contributed by atoms with Gasteiger partial charge in [-0.1, -0.05) is 50.0 Å². The number of hydrogen-bond donors (Lipinski definition) is 1. The zero-order chi connectivity index (χ0) is 20.6. The lowest BCUT2D eigenvalue weighted by molar-refractivity contribution is -0.119. The Morgan fingerprint density at radius 2 is 2.00 bits per heavy atom. The van der Waals surface area contributed by atoms with Crippen LogP contribution in [0, 0.1) is 12.3 Å². The molecule has 0 unspecified atom stereocenters. The van der Waals surface area contributed by atoms with E-state index in [2.05, 4.69) is 10.1 Å². The maximum atomic E-state index is 12.3. The zero-order valence-electron chi connectivity index (χ0n) is 15.8. The topological polar surface area (TPSA) is 67.8 Å². The third-order valence-corrected chi connectivity index (χ3v) is 5.62. The Kier molecular flexibility index (Phi) is 5.66. The van der Waals surface area contributed by atoms with Gasteiger partial charge in [-0.3, -0.25) is 9.59 Å². The number of carbonyl (C=O) groups excluding carboxylic acids is 1. The highest BCUT2D eigenvalue weighted by molar-refractivity contribution is 7.07. The first-order valence-electron chi connectivity index (χ1n) is 8.54. The van der Waals surface area contributed by atoms with Gasteiger partial charge >= 0.3 is 0 Å². The molecular weight excluding hydrogens is 417 g/mol. The van der Waals surface area contributed by atoms with Crippen molar-refractivity contribution < 1.29 is 4.79 Å². The summed E-state index contributed by atoms with van der Waals surface area (Å²) in [6.45, 7) is 7.31. The normalized spacial score (nSPS) is 13.4. The van der Waals surface area contributed by atoms with Gasteiger partial charge in [0.15, 0.2) is 5.78 Å². The fourth-order valence-electron chi connectivity index (χ4n) is 2.45. The molecule has 0 amide bonds. The Balaban J connectivity index is 2.10. The molecule has 3 rings (SSSR count). The molecule has 0 spiro atoms. The van der Waals surface area contributed by atoms with Crippen LogP contribution in [-0.4, -0.2) is 20.5 Å². The van der Waals surface area contributed by atoms with E-state index in [0.717, 1.165) is 5.69 Å². The Morgan fingerprint density at radius 1 is 1.29 bits per heavy atom. The van der Waals surface area contributed by atoms with Crippen molar-refractivity contribution in [3.8, 4) is 5.69 Å². The third kappa shape index (κ3) is 4.29. The number of nitrogens with one attached hydrogen (secondary N) is 1. The van der Waals surface area contributed by atoms with Crippen molar-refractivity contribution >= 4 is 52.5 Å². The molecule has 0 bridgehead atoms. The molecular formula is C20H19Cl2N3O2S. The van der Waals surface area contributed by atoms with Gasteiger partial charge in [-0.15, -0.1) is 11.3 Å². The lowest BCUT2D eigenvalue weighted by Crippen LogP contribution is -2.22. The minimum absolute atomic E-state index is 0.0560.